The van der Waals surface area contributed by atoms with Crippen molar-refractivity contribution in [1.29, 1.82) is 5.26 Å². The molecule has 0 atom stereocenters. The van der Waals surface area contributed by atoms with E-state index >= 15 is 0 Å². The van der Waals surface area contributed by atoms with Crippen molar-refractivity contribution in [3.63, 3.8) is 0 Å². The van der Waals surface area contributed by atoms with Crippen LogP contribution in [0, 0.1) is 11.3 Å². The van der Waals surface area contributed by atoms with Crippen molar-refractivity contribution in [2.75, 3.05) is 6.54 Å². The summed E-state index contributed by atoms with van der Waals surface area (Å²) in [6, 6.07) is 8.49. The van der Waals surface area contributed by atoms with Gasteiger partial charge in [-0.2, -0.15) is 5.26 Å². The van der Waals surface area contributed by atoms with Crippen LogP contribution >= 0.6 is 0 Å². The first-order valence-electron chi connectivity index (χ1n) is 6.54. The monoisotopic (exact) mass is 242 g/mol. The number of carbonyl (C=O) groups excluding carboxylic acids is 1. The highest BCUT2D eigenvalue weighted by Crippen LogP contribution is 2.22. The van der Waals surface area contributed by atoms with Gasteiger partial charge >= 0.3 is 0 Å². The third-order valence-corrected chi connectivity index (χ3v) is 3.39. The fourth-order valence-electron chi connectivity index (χ4n) is 2.42. The van der Waals surface area contributed by atoms with Crippen LogP contribution in [-0.4, -0.2) is 12.5 Å². The number of carbonyl (C=O) groups is 1. The van der Waals surface area contributed by atoms with Crippen molar-refractivity contribution in [2.24, 2.45) is 0 Å². The summed E-state index contributed by atoms with van der Waals surface area (Å²) in [7, 11) is 0. The summed E-state index contributed by atoms with van der Waals surface area (Å²) in [5.74, 6) is -0.185. The van der Waals surface area contributed by atoms with Crippen molar-refractivity contribution >= 4 is 5.91 Å². The second kappa shape index (κ2) is 6.20. The normalized spacial score (nSPS) is 13.5. The molecule has 0 aliphatic heterocycles. The first kappa shape index (κ1) is 12.6. The number of aryl methyl sites for hydroxylation is 2. The molecule has 1 aliphatic carbocycles. The molecule has 0 aromatic heterocycles. The minimum Gasteiger partial charge on any atom is -0.355 e. The number of nitriles is 1. The molecule has 3 heteroatoms. The Balaban J connectivity index is 1.87. The standard InChI is InChI=1S/C15H18N2O/c16-9-7-15(18)17-10-8-12-5-6-13-3-1-2-4-14(13)11-12/h5-6,11H,1-4,7-8,10H2,(H,17,18). The quantitative estimate of drug-likeness (QED) is 0.879. The summed E-state index contributed by atoms with van der Waals surface area (Å²) in [6.45, 7) is 0.610. The Morgan fingerprint density at radius 3 is 2.83 bits per heavy atom. The van der Waals surface area contributed by atoms with Gasteiger partial charge in [0, 0.05) is 6.54 Å². The van der Waals surface area contributed by atoms with E-state index in [-0.39, 0.29) is 12.3 Å². The molecule has 0 radical (unpaired) electrons. The molecule has 2 rings (SSSR count). The van der Waals surface area contributed by atoms with E-state index in [0.29, 0.717) is 6.54 Å². The van der Waals surface area contributed by atoms with Crippen molar-refractivity contribution in [3.8, 4) is 6.07 Å². The summed E-state index contributed by atoms with van der Waals surface area (Å²) < 4.78 is 0. The van der Waals surface area contributed by atoms with E-state index in [1.165, 1.54) is 42.4 Å². The fraction of sp³-hybridized carbons (Fsp3) is 0.467. The lowest BCUT2D eigenvalue weighted by Gasteiger charge is -2.16. The molecule has 1 aromatic carbocycles. The molecule has 0 spiro atoms. The highest BCUT2D eigenvalue weighted by atomic mass is 16.1. The number of hydrogen-bond acceptors (Lipinski definition) is 2. The minimum absolute atomic E-state index is 0.0514. The lowest BCUT2D eigenvalue weighted by molar-refractivity contribution is -0.120. The van der Waals surface area contributed by atoms with Gasteiger partial charge in [0.1, 0.15) is 6.42 Å². The maximum atomic E-state index is 11.1. The summed E-state index contributed by atoms with van der Waals surface area (Å²) >= 11 is 0. The zero-order valence-electron chi connectivity index (χ0n) is 10.5. The Bertz CT molecular complexity index is 474. The van der Waals surface area contributed by atoms with Gasteiger partial charge in [0.25, 0.3) is 0 Å². The fourth-order valence-corrected chi connectivity index (χ4v) is 2.42. The number of benzene rings is 1. The van der Waals surface area contributed by atoms with Crippen LogP contribution in [-0.2, 0) is 24.1 Å². The molecule has 0 saturated heterocycles. The maximum absolute atomic E-state index is 11.1. The molecule has 0 heterocycles. The molecular formula is C15H18N2O. The second-order valence-corrected chi connectivity index (χ2v) is 4.75. The SMILES string of the molecule is N#CCC(=O)NCCc1ccc2c(c1)CCCC2. The van der Waals surface area contributed by atoms with Crippen LogP contribution in [0.1, 0.15) is 36.0 Å². The van der Waals surface area contributed by atoms with Crippen LogP contribution in [0.4, 0.5) is 0 Å². The number of fused-ring (bicyclic) bond motifs is 1. The highest BCUT2D eigenvalue weighted by Gasteiger charge is 2.09. The van der Waals surface area contributed by atoms with Gasteiger partial charge in [-0.05, 0) is 48.8 Å². The van der Waals surface area contributed by atoms with Crippen molar-refractivity contribution in [2.45, 2.75) is 38.5 Å². The third-order valence-electron chi connectivity index (χ3n) is 3.39. The molecule has 3 nitrogen and oxygen atoms in total. The van der Waals surface area contributed by atoms with E-state index in [0.717, 1.165) is 6.42 Å². The van der Waals surface area contributed by atoms with Gasteiger partial charge in [-0.15, -0.1) is 0 Å². The predicted octanol–water partition coefficient (Wildman–Crippen LogP) is 2.14. The van der Waals surface area contributed by atoms with Gasteiger partial charge < -0.3 is 5.32 Å². The molecule has 0 unspecified atom stereocenters. The van der Waals surface area contributed by atoms with Gasteiger partial charge in [-0.1, -0.05) is 18.2 Å². The van der Waals surface area contributed by atoms with Crippen LogP contribution in [0.2, 0.25) is 0 Å². The topological polar surface area (TPSA) is 52.9 Å². The molecular weight excluding hydrogens is 224 g/mol. The van der Waals surface area contributed by atoms with Gasteiger partial charge in [0.2, 0.25) is 5.91 Å². The average Bonchev–Trinajstić information content (AvgIpc) is 2.39. The van der Waals surface area contributed by atoms with Crippen LogP contribution < -0.4 is 5.32 Å². The molecule has 94 valence electrons. The minimum atomic E-state index is -0.185. The van der Waals surface area contributed by atoms with E-state index < -0.39 is 0 Å². The number of amides is 1. The van der Waals surface area contributed by atoms with Crippen LogP contribution in [0.25, 0.3) is 0 Å². The largest absolute Gasteiger partial charge is 0.355 e. The molecule has 0 bridgehead atoms. The highest BCUT2D eigenvalue weighted by molar-refractivity contribution is 5.77. The van der Waals surface area contributed by atoms with Gasteiger partial charge in [-0.3, -0.25) is 4.79 Å². The summed E-state index contributed by atoms with van der Waals surface area (Å²) in [6.07, 6.45) is 5.76. The zero-order valence-corrected chi connectivity index (χ0v) is 10.5. The molecule has 0 fully saturated rings. The van der Waals surface area contributed by atoms with Crippen LogP contribution in [0.15, 0.2) is 18.2 Å². The van der Waals surface area contributed by atoms with E-state index in [1.54, 1.807) is 0 Å². The third kappa shape index (κ3) is 3.33. The second-order valence-electron chi connectivity index (χ2n) is 4.75. The lowest BCUT2D eigenvalue weighted by Crippen LogP contribution is -2.24. The number of rotatable bonds is 4. The number of nitrogens with zero attached hydrogens (tertiary/aromatic N) is 1. The predicted molar refractivity (Wildman–Crippen MR) is 70.0 cm³/mol. The Morgan fingerprint density at radius 1 is 1.28 bits per heavy atom. The van der Waals surface area contributed by atoms with Crippen molar-refractivity contribution in [1.82, 2.24) is 5.32 Å². The summed E-state index contributed by atoms with van der Waals surface area (Å²) in [4.78, 5) is 11.1. The van der Waals surface area contributed by atoms with E-state index in [4.69, 9.17) is 5.26 Å². The Kier molecular flexibility index (Phi) is 4.35. The molecule has 0 saturated carbocycles. The number of hydrogen-bond donors (Lipinski definition) is 1. The Hall–Kier alpha value is -1.82. The first-order chi connectivity index (χ1) is 8.79. The summed E-state index contributed by atoms with van der Waals surface area (Å²) in [5.41, 5.74) is 4.23. The Morgan fingerprint density at radius 2 is 2.06 bits per heavy atom. The van der Waals surface area contributed by atoms with Gasteiger partial charge in [0.05, 0.1) is 6.07 Å². The first-order valence-corrected chi connectivity index (χ1v) is 6.54. The molecule has 1 aromatic rings. The zero-order chi connectivity index (χ0) is 12.8. The maximum Gasteiger partial charge on any atom is 0.234 e. The smallest absolute Gasteiger partial charge is 0.234 e. The van der Waals surface area contributed by atoms with E-state index in [2.05, 4.69) is 23.5 Å². The molecule has 18 heavy (non-hydrogen) atoms. The van der Waals surface area contributed by atoms with Gasteiger partial charge in [-0.25, -0.2) is 0 Å². The van der Waals surface area contributed by atoms with Crippen LogP contribution in [0.5, 0.6) is 0 Å². The van der Waals surface area contributed by atoms with Gasteiger partial charge in [0.15, 0.2) is 0 Å². The summed E-state index contributed by atoms with van der Waals surface area (Å²) in [5, 5.41) is 11.1. The van der Waals surface area contributed by atoms with Crippen molar-refractivity contribution in [3.05, 3.63) is 34.9 Å². The molecule has 1 N–H and O–H groups in total. The van der Waals surface area contributed by atoms with Crippen molar-refractivity contribution < 1.29 is 4.79 Å². The molecule has 1 amide bonds. The molecule has 1 aliphatic rings. The number of nitrogens with one attached hydrogen (secondary N) is 1. The average molecular weight is 242 g/mol. The van der Waals surface area contributed by atoms with E-state index in [1.807, 2.05) is 6.07 Å². The Labute approximate surface area is 108 Å². The van der Waals surface area contributed by atoms with Crippen LogP contribution in [0.3, 0.4) is 0 Å². The van der Waals surface area contributed by atoms with E-state index in [9.17, 15) is 4.79 Å². The lowest BCUT2D eigenvalue weighted by atomic mass is 9.90.